The van der Waals surface area contributed by atoms with Crippen molar-refractivity contribution >= 4 is 30.6 Å². The van der Waals surface area contributed by atoms with Gasteiger partial charge in [0, 0.05) is 38.9 Å². The molecule has 1 N–H and O–H groups in total. The largest absolute Gasteiger partial charge is 0.491 e. The molecule has 1 aromatic heterocycles. The molecule has 1 aromatic carbocycles. The minimum Gasteiger partial charge on any atom is -0.491 e. The molecule has 1 fully saturated rings. The Morgan fingerprint density at radius 2 is 1.74 bits per heavy atom. The number of anilines is 1. The summed E-state index contributed by atoms with van der Waals surface area (Å²) >= 11 is 0. The third-order valence-electron chi connectivity index (χ3n) is 4.38. The SMILES string of the molecule is Cl.Cl.OC(CCN1CCN(c2ccccn2)CC1)COc1ccc(F)cc1. The summed E-state index contributed by atoms with van der Waals surface area (Å²) in [5, 5.41) is 10.1. The number of aliphatic hydroxyl groups is 1. The van der Waals surface area contributed by atoms with Crippen molar-refractivity contribution in [3.63, 3.8) is 0 Å². The average Bonchev–Trinajstić information content (AvgIpc) is 2.67. The Hall–Kier alpha value is -1.60. The van der Waals surface area contributed by atoms with Crippen molar-refractivity contribution in [2.45, 2.75) is 12.5 Å². The quantitative estimate of drug-likeness (QED) is 0.749. The van der Waals surface area contributed by atoms with Crippen LogP contribution in [0.15, 0.2) is 48.7 Å². The number of piperazine rings is 1. The number of pyridine rings is 1. The zero-order chi connectivity index (χ0) is 17.5. The zero-order valence-corrected chi connectivity index (χ0v) is 16.7. The van der Waals surface area contributed by atoms with Gasteiger partial charge in [-0.2, -0.15) is 0 Å². The van der Waals surface area contributed by atoms with Crippen LogP contribution in [0.5, 0.6) is 5.75 Å². The Balaban J connectivity index is 0.00000182. The van der Waals surface area contributed by atoms with E-state index in [0.717, 1.165) is 38.5 Å². The van der Waals surface area contributed by atoms with E-state index in [1.807, 2.05) is 24.4 Å². The first-order chi connectivity index (χ1) is 12.2. The van der Waals surface area contributed by atoms with Crippen molar-refractivity contribution in [2.75, 3.05) is 44.2 Å². The average molecular weight is 418 g/mol. The van der Waals surface area contributed by atoms with Crippen LogP contribution < -0.4 is 9.64 Å². The summed E-state index contributed by atoms with van der Waals surface area (Å²) in [4.78, 5) is 9.02. The molecule has 1 atom stereocenters. The molecular formula is C19H26Cl2FN3O2. The standard InChI is InChI=1S/C19H24FN3O2.2ClH/c20-16-4-6-18(7-5-16)25-15-17(24)8-10-22-11-13-23(14-12-22)19-3-1-2-9-21-19;;/h1-7,9,17,24H,8,10-15H2;2*1H. The second kappa shape index (κ2) is 12.0. The highest BCUT2D eigenvalue weighted by Crippen LogP contribution is 2.14. The molecule has 5 nitrogen and oxygen atoms in total. The summed E-state index contributed by atoms with van der Waals surface area (Å²) < 4.78 is 18.3. The van der Waals surface area contributed by atoms with Gasteiger partial charge in [-0.3, -0.25) is 4.90 Å². The number of aliphatic hydroxyl groups excluding tert-OH is 1. The van der Waals surface area contributed by atoms with Gasteiger partial charge < -0.3 is 14.7 Å². The number of hydrogen-bond acceptors (Lipinski definition) is 5. The Morgan fingerprint density at radius 3 is 2.37 bits per heavy atom. The highest BCUT2D eigenvalue weighted by atomic mass is 35.5. The van der Waals surface area contributed by atoms with Crippen LogP contribution in [-0.4, -0.2) is 60.4 Å². The first kappa shape index (κ1) is 23.4. The second-order valence-corrected chi connectivity index (χ2v) is 6.22. The zero-order valence-electron chi connectivity index (χ0n) is 15.0. The molecule has 2 aromatic rings. The third-order valence-corrected chi connectivity index (χ3v) is 4.38. The minimum absolute atomic E-state index is 0. The van der Waals surface area contributed by atoms with Gasteiger partial charge in [0.05, 0.1) is 6.10 Å². The lowest BCUT2D eigenvalue weighted by atomic mass is 10.2. The van der Waals surface area contributed by atoms with Crippen LogP contribution in [0.4, 0.5) is 10.2 Å². The smallest absolute Gasteiger partial charge is 0.128 e. The maximum absolute atomic E-state index is 12.8. The first-order valence-electron chi connectivity index (χ1n) is 8.65. The monoisotopic (exact) mass is 417 g/mol. The molecule has 0 radical (unpaired) electrons. The van der Waals surface area contributed by atoms with Gasteiger partial charge in [-0.25, -0.2) is 9.37 Å². The van der Waals surface area contributed by atoms with E-state index >= 15 is 0 Å². The van der Waals surface area contributed by atoms with E-state index in [1.54, 1.807) is 12.1 Å². The highest BCUT2D eigenvalue weighted by molar-refractivity contribution is 5.85. The number of benzene rings is 1. The van der Waals surface area contributed by atoms with Gasteiger partial charge in [-0.05, 0) is 42.8 Å². The lowest BCUT2D eigenvalue weighted by Gasteiger charge is -2.35. The van der Waals surface area contributed by atoms with Gasteiger partial charge in [0.2, 0.25) is 0 Å². The van der Waals surface area contributed by atoms with Gasteiger partial charge in [0.15, 0.2) is 0 Å². The summed E-state index contributed by atoms with van der Waals surface area (Å²) in [7, 11) is 0. The van der Waals surface area contributed by atoms with E-state index in [2.05, 4.69) is 14.8 Å². The van der Waals surface area contributed by atoms with Crippen LogP contribution in [0.25, 0.3) is 0 Å². The van der Waals surface area contributed by atoms with Gasteiger partial charge in [-0.15, -0.1) is 24.8 Å². The lowest BCUT2D eigenvalue weighted by Crippen LogP contribution is -2.47. The highest BCUT2D eigenvalue weighted by Gasteiger charge is 2.18. The van der Waals surface area contributed by atoms with Crippen molar-refractivity contribution < 1.29 is 14.2 Å². The number of ether oxygens (including phenoxy) is 1. The van der Waals surface area contributed by atoms with Crippen LogP contribution in [-0.2, 0) is 0 Å². The summed E-state index contributed by atoms with van der Waals surface area (Å²) in [5.41, 5.74) is 0. The molecule has 1 saturated heterocycles. The van der Waals surface area contributed by atoms with E-state index in [4.69, 9.17) is 4.74 Å². The van der Waals surface area contributed by atoms with Crippen molar-refractivity contribution in [3.8, 4) is 5.75 Å². The Bertz CT molecular complexity index is 641. The fraction of sp³-hybridized carbons (Fsp3) is 0.421. The number of nitrogens with zero attached hydrogens (tertiary/aromatic N) is 3. The molecule has 8 heteroatoms. The van der Waals surface area contributed by atoms with Crippen molar-refractivity contribution in [3.05, 3.63) is 54.5 Å². The molecule has 0 spiro atoms. The van der Waals surface area contributed by atoms with Crippen molar-refractivity contribution in [1.82, 2.24) is 9.88 Å². The third kappa shape index (κ3) is 7.50. The predicted molar refractivity (Wildman–Crippen MR) is 110 cm³/mol. The number of halogens is 3. The molecule has 0 amide bonds. The van der Waals surface area contributed by atoms with E-state index in [1.165, 1.54) is 12.1 Å². The molecule has 2 heterocycles. The van der Waals surface area contributed by atoms with Gasteiger partial charge in [-0.1, -0.05) is 6.07 Å². The van der Waals surface area contributed by atoms with Crippen LogP contribution in [0.2, 0.25) is 0 Å². The van der Waals surface area contributed by atoms with E-state index in [0.29, 0.717) is 12.2 Å². The van der Waals surface area contributed by atoms with Crippen LogP contribution in [0.3, 0.4) is 0 Å². The van der Waals surface area contributed by atoms with Gasteiger partial charge in [0.1, 0.15) is 24.0 Å². The van der Waals surface area contributed by atoms with Crippen LogP contribution in [0, 0.1) is 5.82 Å². The molecule has 0 bridgehead atoms. The minimum atomic E-state index is -0.529. The number of hydrogen-bond donors (Lipinski definition) is 1. The fourth-order valence-corrected chi connectivity index (χ4v) is 2.88. The normalized spacial score (nSPS) is 15.4. The molecule has 0 aliphatic carbocycles. The van der Waals surface area contributed by atoms with E-state index in [9.17, 15) is 9.50 Å². The summed E-state index contributed by atoms with van der Waals surface area (Å²) in [6, 6.07) is 11.8. The number of rotatable bonds is 7. The Morgan fingerprint density at radius 1 is 1.04 bits per heavy atom. The lowest BCUT2D eigenvalue weighted by molar-refractivity contribution is 0.0866. The molecule has 1 aliphatic rings. The van der Waals surface area contributed by atoms with Gasteiger partial charge in [0.25, 0.3) is 0 Å². The maximum Gasteiger partial charge on any atom is 0.128 e. The molecule has 0 saturated carbocycles. The van der Waals surface area contributed by atoms with Crippen molar-refractivity contribution in [1.29, 1.82) is 0 Å². The van der Waals surface area contributed by atoms with Crippen LogP contribution >= 0.6 is 24.8 Å². The topological polar surface area (TPSA) is 48.8 Å². The first-order valence-corrected chi connectivity index (χ1v) is 8.65. The molecular weight excluding hydrogens is 392 g/mol. The van der Waals surface area contributed by atoms with Gasteiger partial charge >= 0.3 is 0 Å². The fourth-order valence-electron chi connectivity index (χ4n) is 2.88. The molecule has 1 unspecified atom stereocenters. The van der Waals surface area contributed by atoms with E-state index < -0.39 is 6.10 Å². The number of aromatic nitrogens is 1. The predicted octanol–water partition coefficient (Wildman–Crippen LogP) is 3.02. The van der Waals surface area contributed by atoms with Crippen molar-refractivity contribution in [2.24, 2.45) is 0 Å². The maximum atomic E-state index is 12.8. The summed E-state index contributed by atoms with van der Waals surface area (Å²) in [6.45, 7) is 4.87. The molecule has 3 rings (SSSR count). The second-order valence-electron chi connectivity index (χ2n) is 6.22. The Kier molecular flexibility index (Phi) is 10.4. The van der Waals surface area contributed by atoms with Crippen LogP contribution in [0.1, 0.15) is 6.42 Å². The summed E-state index contributed by atoms with van der Waals surface area (Å²) in [6.07, 6.45) is 1.95. The Labute approximate surface area is 172 Å². The summed E-state index contributed by atoms with van der Waals surface area (Å²) in [5.74, 6) is 1.30. The van der Waals surface area contributed by atoms with E-state index in [-0.39, 0.29) is 37.2 Å². The molecule has 150 valence electrons. The molecule has 1 aliphatic heterocycles. The molecule has 27 heavy (non-hydrogen) atoms.